The maximum Gasteiger partial charge on any atom is 0.0599 e. The molecule has 0 spiro atoms. The summed E-state index contributed by atoms with van der Waals surface area (Å²) >= 11 is 0. The van der Waals surface area contributed by atoms with Crippen LogP contribution in [0.3, 0.4) is 0 Å². The molecule has 2 nitrogen and oxygen atoms in total. The van der Waals surface area contributed by atoms with Crippen molar-refractivity contribution in [1.82, 2.24) is 4.90 Å². The first-order valence-electron chi connectivity index (χ1n) is 4.29. The number of hydrogen-bond acceptors (Lipinski definition) is 2. The predicted octanol–water partition coefficient (Wildman–Crippen LogP) is 0.863. The van der Waals surface area contributed by atoms with Crippen molar-refractivity contribution in [3.63, 3.8) is 0 Å². The summed E-state index contributed by atoms with van der Waals surface area (Å²) in [6, 6.07) is 10.8. The van der Waals surface area contributed by atoms with E-state index >= 15 is 0 Å². The minimum atomic E-state index is 0.298. The van der Waals surface area contributed by atoms with Crippen LogP contribution in [0.5, 0.6) is 0 Å². The molecule has 1 aliphatic heterocycles. The van der Waals surface area contributed by atoms with E-state index in [0.717, 1.165) is 13.1 Å². The molecule has 1 unspecified atom stereocenters. The average molecular weight is 163 g/mol. The molecule has 2 heteroatoms. The monoisotopic (exact) mass is 163 g/mol. The molecule has 1 N–H and O–H groups in total. The molecule has 0 aromatic heterocycles. The van der Waals surface area contributed by atoms with Crippen molar-refractivity contribution in [2.24, 2.45) is 0 Å². The molecule has 2 rings (SSSR count). The van der Waals surface area contributed by atoms with Gasteiger partial charge in [-0.05, 0) is 5.56 Å². The molecular formula is C10H13NO. The molecule has 0 saturated carbocycles. The van der Waals surface area contributed by atoms with Crippen LogP contribution in [0.15, 0.2) is 30.3 Å². The SMILES string of the molecule is OC[C@H]1CN1Cc1ccccc1. The lowest BCUT2D eigenvalue weighted by Gasteiger charge is -2.01. The highest BCUT2D eigenvalue weighted by atomic mass is 16.3. The van der Waals surface area contributed by atoms with Crippen molar-refractivity contribution in [3.8, 4) is 0 Å². The summed E-state index contributed by atoms with van der Waals surface area (Å²) in [6.45, 7) is 2.32. The zero-order chi connectivity index (χ0) is 8.39. The molecule has 0 radical (unpaired) electrons. The second-order valence-electron chi connectivity index (χ2n) is 3.25. The Kier molecular flexibility index (Phi) is 2.11. The van der Waals surface area contributed by atoms with Gasteiger partial charge in [-0.3, -0.25) is 4.90 Å². The van der Waals surface area contributed by atoms with E-state index in [-0.39, 0.29) is 0 Å². The van der Waals surface area contributed by atoms with Crippen molar-refractivity contribution < 1.29 is 5.11 Å². The van der Waals surface area contributed by atoms with E-state index in [1.165, 1.54) is 5.56 Å². The molecule has 2 atom stereocenters. The van der Waals surface area contributed by atoms with Crippen LogP contribution in [0.25, 0.3) is 0 Å². The second-order valence-corrected chi connectivity index (χ2v) is 3.25. The predicted molar refractivity (Wildman–Crippen MR) is 47.7 cm³/mol. The Morgan fingerprint density at radius 1 is 1.33 bits per heavy atom. The Hall–Kier alpha value is -0.860. The van der Waals surface area contributed by atoms with Gasteiger partial charge in [0.25, 0.3) is 0 Å². The fraction of sp³-hybridized carbons (Fsp3) is 0.400. The van der Waals surface area contributed by atoms with Gasteiger partial charge >= 0.3 is 0 Å². The third-order valence-corrected chi connectivity index (χ3v) is 2.27. The molecule has 0 bridgehead atoms. The largest absolute Gasteiger partial charge is 0.395 e. The van der Waals surface area contributed by atoms with E-state index in [2.05, 4.69) is 17.0 Å². The highest BCUT2D eigenvalue weighted by Crippen LogP contribution is 2.19. The molecule has 1 heterocycles. The van der Waals surface area contributed by atoms with Gasteiger partial charge in [0, 0.05) is 19.1 Å². The van der Waals surface area contributed by atoms with Gasteiger partial charge in [0.2, 0.25) is 0 Å². The van der Waals surface area contributed by atoms with Crippen molar-refractivity contribution >= 4 is 0 Å². The molecule has 0 amide bonds. The lowest BCUT2D eigenvalue weighted by atomic mass is 10.2. The van der Waals surface area contributed by atoms with E-state index in [4.69, 9.17) is 5.11 Å². The van der Waals surface area contributed by atoms with Crippen LogP contribution in [0.2, 0.25) is 0 Å². The number of benzene rings is 1. The lowest BCUT2D eigenvalue weighted by Crippen LogP contribution is -2.04. The third-order valence-electron chi connectivity index (χ3n) is 2.27. The third kappa shape index (κ3) is 1.65. The Balaban J connectivity index is 1.89. The van der Waals surface area contributed by atoms with Crippen LogP contribution in [0, 0.1) is 0 Å². The van der Waals surface area contributed by atoms with Crippen molar-refractivity contribution in [1.29, 1.82) is 0 Å². The fourth-order valence-corrected chi connectivity index (χ4v) is 1.41. The summed E-state index contributed by atoms with van der Waals surface area (Å²) < 4.78 is 0. The first-order valence-corrected chi connectivity index (χ1v) is 4.29. The molecule has 1 aromatic carbocycles. The number of aliphatic hydroxyl groups is 1. The van der Waals surface area contributed by atoms with Crippen LogP contribution >= 0.6 is 0 Å². The Bertz CT molecular complexity index is 247. The topological polar surface area (TPSA) is 23.2 Å². The van der Waals surface area contributed by atoms with Crippen molar-refractivity contribution in [2.75, 3.05) is 13.2 Å². The number of hydrogen-bond donors (Lipinski definition) is 1. The first-order chi connectivity index (χ1) is 5.90. The van der Waals surface area contributed by atoms with Crippen LogP contribution in [-0.4, -0.2) is 29.2 Å². The van der Waals surface area contributed by atoms with Crippen LogP contribution in [0.1, 0.15) is 5.56 Å². The van der Waals surface area contributed by atoms with E-state index in [9.17, 15) is 0 Å². The minimum Gasteiger partial charge on any atom is -0.395 e. The molecule has 12 heavy (non-hydrogen) atoms. The van der Waals surface area contributed by atoms with Crippen LogP contribution in [-0.2, 0) is 6.54 Å². The maximum atomic E-state index is 8.81. The van der Waals surface area contributed by atoms with Gasteiger partial charge in [-0.15, -0.1) is 0 Å². The lowest BCUT2D eigenvalue weighted by molar-refractivity contribution is 0.272. The van der Waals surface area contributed by atoms with E-state index in [0.29, 0.717) is 12.6 Å². The quantitative estimate of drug-likeness (QED) is 0.668. The van der Waals surface area contributed by atoms with E-state index < -0.39 is 0 Å². The van der Waals surface area contributed by atoms with Gasteiger partial charge in [0.15, 0.2) is 0 Å². The van der Waals surface area contributed by atoms with Crippen molar-refractivity contribution in [2.45, 2.75) is 12.6 Å². The standard InChI is InChI=1S/C10H13NO/c12-8-10-7-11(10)6-9-4-2-1-3-5-9/h1-5,10,12H,6-8H2/t10-,11?/m1/s1. The maximum absolute atomic E-state index is 8.81. The molecular weight excluding hydrogens is 150 g/mol. The summed E-state index contributed by atoms with van der Waals surface area (Å²) in [6.07, 6.45) is 0. The molecule has 1 fully saturated rings. The zero-order valence-corrected chi connectivity index (χ0v) is 6.98. The van der Waals surface area contributed by atoms with Gasteiger partial charge in [0.1, 0.15) is 0 Å². The summed E-state index contributed by atoms with van der Waals surface area (Å²) in [5, 5.41) is 8.81. The Labute approximate surface area is 72.4 Å². The normalized spacial score (nSPS) is 27.1. The summed E-state index contributed by atoms with van der Waals surface area (Å²) in [7, 11) is 0. The highest BCUT2D eigenvalue weighted by Gasteiger charge is 2.32. The first kappa shape index (κ1) is 7.77. The average Bonchev–Trinajstić information content (AvgIpc) is 2.85. The van der Waals surface area contributed by atoms with Gasteiger partial charge in [0.05, 0.1) is 6.61 Å². The van der Waals surface area contributed by atoms with Crippen LogP contribution in [0.4, 0.5) is 0 Å². The smallest absolute Gasteiger partial charge is 0.0599 e. The van der Waals surface area contributed by atoms with Gasteiger partial charge < -0.3 is 5.11 Å². The summed E-state index contributed by atoms with van der Waals surface area (Å²) in [5.41, 5.74) is 1.33. The van der Waals surface area contributed by atoms with E-state index in [1.54, 1.807) is 0 Å². The van der Waals surface area contributed by atoms with E-state index in [1.807, 2.05) is 18.2 Å². The zero-order valence-electron chi connectivity index (χ0n) is 6.98. The highest BCUT2D eigenvalue weighted by molar-refractivity contribution is 5.15. The van der Waals surface area contributed by atoms with Gasteiger partial charge in [-0.1, -0.05) is 30.3 Å². The number of nitrogens with zero attached hydrogens (tertiary/aromatic N) is 1. The molecule has 0 aliphatic carbocycles. The minimum absolute atomic E-state index is 0.298. The summed E-state index contributed by atoms with van der Waals surface area (Å²) in [4.78, 5) is 2.26. The molecule has 64 valence electrons. The number of aliphatic hydroxyl groups excluding tert-OH is 1. The number of rotatable bonds is 3. The molecule has 1 aliphatic rings. The Morgan fingerprint density at radius 3 is 2.67 bits per heavy atom. The van der Waals surface area contributed by atoms with Gasteiger partial charge in [-0.2, -0.15) is 0 Å². The molecule has 1 aromatic rings. The summed E-state index contributed by atoms with van der Waals surface area (Å²) in [5.74, 6) is 0. The van der Waals surface area contributed by atoms with Crippen molar-refractivity contribution in [3.05, 3.63) is 35.9 Å². The van der Waals surface area contributed by atoms with Crippen LogP contribution < -0.4 is 0 Å². The van der Waals surface area contributed by atoms with Gasteiger partial charge in [-0.25, -0.2) is 0 Å². The second kappa shape index (κ2) is 3.25. The molecule has 1 saturated heterocycles. The fourth-order valence-electron chi connectivity index (χ4n) is 1.41. The Morgan fingerprint density at radius 2 is 2.08 bits per heavy atom.